The van der Waals surface area contributed by atoms with E-state index in [1.165, 1.54) is 5.56 Å². The number of nitrogens with one attached hydrogen (secondary N) is 2. The van der Waals surface area contributed by atoms with Crippen LogP contribution in [0, 0.1) is 0 Å². The molecule has 2 amide bonds. The molecule has 0 heterocycles. The minimum absolute atomic E-state index is 0.139. The van der Waals surface area contributed by atoms with Gasteiger partial charge in [-0.2, -0.15) is 0 Å². The van der Waals surface area contributed by atoms with Gasteiger partial charge in [0.2, 0.25) is 5.91 Å². The molecule has 2 aromatic rings. The number of alkyl carbamates (subject to hydrolysis) is 1. The van der Waals surface area contributed by atoms with Crippen molar-refractivity contribution in [2.24, 2.45) is 0 Å². The molecule has 0 aromatic heterocycles. The van der Waals surface area contributed by atoms with E-state index in [2.05, 4.69) is 22.8 Å². The Morgan fingerprint density at radius 2 is 1.65 bits per heavy atom. The van der Waals surface area contributed by atoms with E-state index in [9.17, 15) is 9.59 Å². The first-order chi connectivity index (χ1) is 12.3. The van der Waals surface area contributed by atoms with E-state index in [0.717, 1.165) is 10.6 Å². The molecule has 0 saturated carbocycles. The Bertz CT molecular complexity index is 725. The van der Waals surface area contributed by atoms with Crippen LogP contribution in [0.4, 0.5) is 10.5 Å². The number of hydrogen-bond donors (Lipinski definition) is 2. The van der Waals surface area contributed by atoms with Gasteiger partial charge in [-0.3, -0.25) is 4.79 Å². The van der Waals surface area contributed by atoms with Gasteiger partial charge in [0, 0.05) is 16.3 Å². The summed E-state index contributed by atoms with van der Waals surface area (Å²) in [6.45, 7) is 5.16. The van der Waals surface area contributed by atoms with Crippen molar-refractivity contribution in [1.82, 2.24) is 5.32 Å². The molecule has 0 aliphatic carbocycles. The molecule has 0 saturated heterocycles. The summed E-state index contributed by atoms with van der Waals surface area (Å²) >= 11 is 1.73. The van der Waals surface area contributed by atoms with Gasteiger partial charge in [0.05, 0.1) is 0 Å². The van der Waals surface area contributed by atoms with E-state index >= 15 is 0 Å². The second-order valence-corrected chi connectivity index (χ2v) is 7.75. The predicted octanol–water partition coefficient (Wildman–Crippen LogP) is 4.44. The van der Waals surface area contributed by atoms with Crippen molar-refractivity contribution in [3.05, 3.63) is 60.2 Å². The maximum atomic E-state index is 11.9. The summed E-state index contributed by atoms with van der Waals surface area (Å²) in [6, 6.07) is 17.9. The van der Waals surface area contributed by atoms with Gasteiger partial charge in [0.15, 0.2) is 0 Å². The van der Waals surface area contributed by atoms with E-state index in [-0.39, 0.29) is 12.5 Å². The summed E-state index contributed by atoms with van der Waals surface area (Å²) in [7, 11) is 0. The molecule has 0 fully saturated rings. The quantitative estimate of drug-likeness (QED) is 0.736. The topological polar surface area (TPSA) is 67.4 Å². The third-order valence-corrected chi connectivity index (χ3v) is 4.26. The van der Waals surface area contributed by atoms with Crippen LogP contribution in [-0.4, -0.2) is 24.1 Å². The average molecular weight is 372 g/mol. The third kappa shape index (κ3) is 7.61. The Morgan fingerprint density at radius 3 is 2.27 bits per heavy atom. The monoisotopic (exact) mass is 372 g/mol. The van der Waals surface area contributed by atoms with Crippen molar-refractivity contribution in [1.29, 1.82) is 0 Å². The van der Waals surface area contributed by atoms with Gasteiger partial charge in [-0.15, -0.1) is 11.8 Å². The largest absolute Gasteiger partial charge is 0.444 e. The van der Waals surface area contributed by atoms with Crippen molar-refractivity contribution < 1.29 is 14.3 Å². The van der Waals surface area contributed by atoms with Crippen molar-refractivity contribution in [2.75, 3.05) is 11.9 Å². The number of amides is 2. The highest BCUT2D eigenvalue weighted by atomic mass is 32.2. The number of carbonyl (C=O) groups is 2. The number of anilines is 1. The minimum atomic E-state index is -0.611. The fourth-order valence-electron chi connectivity index (χ4n) is 2.05. The molecule has 0 atom stereocenters. The molecule has 2 aromatic carbocycles. The number of ether oxygens (including phenoxy) is 1. The van der Waals surface area contributed by atoms with Crippen LogP contribution in [-0.2, 0) is 15.3 Å². The van der Waals surface area contributed by atoms with Crippen LogP contribution in [0.3, 0.4) is 0 Å². The van der Waals surface area contributed by atoms with Crippen LogP contribution in [0.5, 0.6) is 0 Å². The summed E-state index contributed by atoms with van der Waals surface area (Å²) in [5.74, 6) is 0.590. The average Bonchev–Trinajstić information content (AvgIpc) is 2.59. The fourth-order valence-corrected chi connectivity index (χ4v) is 2.90. The normalized spacial score (nSPS) is 10.9. The van der Waals surface area contributed by atoms with Crippen LogP contribution in [0.2, 0.25) is 0 Å². The molecule has 0 aliphatic rings. The SMILES string of the molecule is CC(C)(C)OC(=O)NCC(=O)Nc1ccc(SCc2ccccc2)cc1. The highest BCUT2D eigenvalue weighted by molar-refractivity contribution is 7.98. The first-order valence-electron chi connectivity index (χ1n) is 8.35. The molecule has 0 bridgehead atoms. The Hall–Kier alpha value is -2.47. The lowest BCUT2D eigenvalue weighted by Gasteiger charge is -2.19. The van der Waals surface area contributed by atoms with Crippen molar-refractivity contribution in [3.63, 3.8) is 0 Å². The lowest BCUT2D eigenvalue weighted by molar-refractivity contribution is -0.115. The molecule has 0 aliphatic heterocycles. The lowest BCUT2D eigenvalue weighted by Crippen LogP contribution is -2.37. The summed E-state index contributed by atoms with van der Waals surface area (Å²) < 4.78 is 5.08. The number of benzene rings is 2. The van der Waals surface area contributed by atoms with Gasteiger partial charge in [0.25, 0.3) is 0 Å². The van der Waals surface area contributed by atoms with Gasteiger partial charge in [-0.1, -0.05) is 30.3 Å². The molecule has 0 spiro atoms. The molecule has 0 unspecified atom stereocenters. The van der Waals surface area contributed by atoms with Gasteiger partial charge in [0.1, 0.15) is 12.1 Å². The Balaban J connectivity index is 1.76. The number of thioether (sulfide) groups is 1. The first kappa shape index (κ1) is 19.8. The van der Waals surface area contributed by atoms with E-state index in [0.29, 0.717) is 5.69 Å². The van der Waals surface area contributed by atoms with Crippen molar-refractivity contribution >= 4 is 29.4 Å². The second kappa shape index (κ2) is 9.29. The third-order valence-electron chi connectivity index (χ3n) is 3.18. The molecule has 0 radical (unpaired) electrons. The van der Waals surface area contributed by atoms with Crippen LogP contribution < -0.4 is 10.6 Å². The Labute approximate surface area is 158 Å². The molecule has 138 valence electrons. The maximum absolute atomic E-state index is 11.9. The van der Waals surface area contributed by atoms with Gasteiger partial charge in [-0.05, 0) is 50.6 Å². The van der Waals surface area contributed by atoms with E-state index in [1.54, 1.807) is 32.5 Å². The minimum Gasteiger partial charge on any atom is -0.444 e. The summed E-state index contributed by atoms with van der Waals surface area (Å²) in [5.41, 5.74) is 1.36. The predicted molar refractivity (Wildman–Crippen MR) is 105 cm³/mol. The van der Waals surface area contributed by atoms with Gasteiger partial charge < -0.3 is 15.4 Å². The van der Waals surface area contributed by atoms with Crippen molar-refractivity contribution in [3.8, 4) is 0 Å². The number of carbonyl (C=O) groups excluding carboxylic acids is 2. The van der Waals surface area contributed by atoms with E-state index in [4.69, 9.17) is 4.74 Å². The van der Waals surface area contributed by atoms with Gasteiger partial charge >= 0.3 is 6.09 Å². The molecular formula is C20H24N2O3S. The highest BCUT2D eigenvalue weighted by Crippen LogP contribution is 2.24. The van der Waals surface area contributed by atoms with Crippen LogP contribution in [0.15, 0.2) is 59.5 Å². The molecule has 26 heavy (non-hydrogen) atoms. The van der Waals surface area contributed by atoms with Crippen LogP contribution >= 0.6 is 11.8 Å². The van der Waals surface area contributed by atoms with Crippen molar-refractivity contribution in [2.45, 2.75) is 37.0 Å². The molecule has 5 nitrogen and oxygen atoms in total. The molecule has 6 heteroatoms. The summed E-state index contributed by atoms with van der Waals surface area (Å²) in [4.78, 5) is 24.5. The van der Waals surface area contributed by atoms with Crippen LogP contribution in [0.25, 0.3) is 0 Å². The smallest absolute Gasteiger partial charge is 0.408 e. The zero-order chi connectivity index (χ0) is 19.0. The standard InChI is InChI=1S/C20H24N2O3S/c1-20(2,3)25-19(24)21-13-18(23)22-16-9-11-17(12-10-16)26-14-15-7-5-4-6-8-15/h4-12H,13-14H2,1-3H3,(H,21,24)(H,22,23). The molecular weight excluding hydrogens is 348 g/mol. The lowest BCUT2D eigenvalue weighted by atomic mass is 10.2. The maximum Gasteiger partial charge on any atom is 0.408 e. The fraction of sp³-hybridized carbons (Fsp3) is 0.300. The zero-order valence-corrected chi connectivity index (χ0v) is 16.1. The van der Waals surface area contributed by atoms with E-state index in [1.807, 2.05) is 42.5 Å². The van der Waals surface area contributed by atoms with E-state index < -0.39 is 11.7 Å². The number of hydrogen-bond acceptors (Lipinski definition) is 4. The second-order valence-electron chi connectivity index (χ2n) is 6.70. The zero-order valence-electron chi connectivity index (χ0n) is 15.2. The molecule has 2 N–H and O–H groups in total. The first-order valence-corrected chi connectivity index (χ1v) is 9.34. The molecule has 2 rings (SSSR count). The van der Waals surface area contributed by atoms with Crippen LogP contribution in [0.1, 0.15) is 26.3 Å². The Kier molecular flexibility index (Phi) is 7.09. The number of rotatable bonds is 6. The Morgan fingerprint density at radius 1 is 1.00 bits per heavy atom. The van der Waals surface area contributed by atoms with Gasteiger partial charge in [-0.25, -0.2) is 4.79 Å². The summed E-state index contributed by atoms with van der Waals surface area (Å²) in [5, 5.41) is 5.17. The highest BCUT2D eigenvalue weighted by Gasteiger charge is 2.16. The summed E-state index contributed by atoms with van der Waals surface area (Å²) in [6.07, 6.45) is -0.611.